The third-order valence-electron chi connectivity index (χ3n) is 7.74. The van der Waals surface area contributed by atoms with Crippen molar-refractivity contribution in [3.63, 3.8) is 0 Å². The predicted octanol–water partition coefficient (Wildman–Crippen LogP) is 5.83. The van der Waals surface area contributed by atoms with E-state index in [1.807, 2.05) is 30.3 Å². The fourth-order valence-electron chi connectivity index (χ4n) is 5.56. The van der Waals surface area contributed by atoms with Crippen molar-refractivity contribution in [2.75, 3.05) is 18.0 Å². The molecule has 3 heterocycles. The van der Waals surface area contributed by atoms with Crippen molar-refractivity contribution in [2.45, 2.75) is 44.6 Å². The van der Waals surface area contributed by atoms with Gasteiger partial charge in [0.1, 0.15) is 0 Å². The summed E-state index contributed by atoms with van der Waals surface area (Å²) in [6.45, 7) is 2.25. The predicted molar refractivity (Wildman–Crippen MR) is 155 cm³/mol. The molecular weight excluding hydrogens is 502 g/mol. The van der Waals surface area contributed by atoms with E-state index in [-0.39, 0.29) is 24.8 Å². The summed E-state index contributed by atoms with van der Waals surface area (Å²) >= 11 is 0. The van der Waals surface area contributed by atoms with Gasteiger partial charge in [-0.1, -0.05) is 42.5 Å². The van der Waals surface area contributed by atoms with Crippen LogP contribution in [0.25, 0.3) is 22.2 Å². The van der Waals surface area contributed by atoms with Gasteiger partial charge in [0.25, 0.3) is 0 Å². The molecular formula is C32H31N5O3. The number of aromatic nitrogens is 2. The first-order chi connectivity index (χ1) is 19.5. The molecule has 4 aromatic rings. The molecule has 0 bridgehead atoms. The number of hydrogen-bond donors (Lipinski definition) is 1. The fraction of sp³-hybridized carbons (Fsp3) is 0.281. The van der Waals surface area contributed by atoms with Crippen molar-refractivity contribution in [1.82, 2.24) is 15.0 Å². The lowest BCUT2D eigenvalue weighted by atomic mass is 9.96. The van der Waals surface area contributed by atoms with Gasteiger partial charge in [-0.3, -0.25) is 19.6 Å². The zero-order chi connectivity index (χ0) is 27.5. The zero-order valence-electron chi connectivity index (χ0n) is 22.2. The summed E-state index contributed by atoms with van der Waals surface area (Å²) in [7, 11) is 0. The van der Waals surface area contributed by atoms with E-state index in [2.05, 4.69) is 51.3 Å². The van der Waals surface area contributed by atoms with Crippen LogP contribution in [-0.4, -0.2) is 50.8 Å². The Kier molecular flexibility index (Phi) is 7.23. The molecule has 0 saturated carbocycles. The number of nitrogens with zero attached hydrogens (tertiary/aromatic N) is 5. The Morgan fingerprint density at radius 3 is 2.12 bits per heavy atom. The Labute approximate surface area is 233 Å². The van der Waals surface area contributed by atoms with Crippen LogP contribution in [0.15, 0.2) is 84.2 Å². The molecule has 1 aromatic heterocycles. The van der Waals surface area contributed by atoms with Crippen molar-refractivity contribution in [3.05, 3.63) is 90.3 Å². The Bertz CT molecular complexity index is 1560. The van der Waals surface area contributed by atoms with Gasteiger partial charge in [0.15, 0.2) is 0 Å². The molecule has 40 heavy (non-hydrogen) atoms. The highest BCUT2D eigenvalue weighted by Crippen LogP contribution is 2.35. The summed E-state index contributed by atoms with van der Waals surface area (Å²) in [6.07, 6.45) is 7.29. The number of carboxylic acid groups (broad SMARTS) is 1. The van der Waals surface area contributed by atoms with E-state index in [1.54, 1.807) is 12.4 Å². The highest BCUT2D eigenvalue weighted by Gasteiger charge is 2.33. The Morgan fingerprint density at radius 2 is 1.43 bits per heavy atom. The van der Waals surface area contributed by atoms with Crippen molar-refractivity contribution in [3.8, 4) is 11.1 Å². The second kappa shape index (κ2) is 11.3. The summed E-state index contributed by atoms with van der Waals surface area (Å²) < 4.78 is 0. The van der Waals surface area contributed by atoms with Crippen molar-refractivity contribution in [1.29, 1.82) is 0 Å². The van der Waals surface area contributed by atoms with Crippen LogP contribution >= 0.6 is 0 Å². The number of rotatable bonds is 7. The highest BCUT2D eigenvalue weighted by molar-refractivity contribution is 6.03. The zero-order valence-corrected chi connectivity index (χ0v) is 22.2. The van der Waals surface area contributed by atoms with Crippen LogP contribution in [0, 0.1) is 0 Å². The van der Waals surface area contributed by atoms with Gasteiger partial charge in [-0.15, -0.1) is 0 Å². The Hall–Kier alpha value is -4.59. The quantitative estimate of drug-likeness (QED) is 0.321. The molecule has 1 N–H and O–H groups in total. The molecule has 1 amide bonds. The number of fused-ring (bicyclic) bond motifs is 1. The molecule has 1 saturated heterocycles. The van der Waals surface area contributed by atoms with Gasteiger partial charge in [0, 0.05) is 44.0 Å². The van der Waals surface area contributed by atoms with E-state index in [0.717, 1.165) is 52.1 Å². The van der Waals surface area contributed by atoms with Gasteiger partial charge in [-0.05, 0) is 65.8 Å². The molecule has 0 aliphatic carbocycles. The van der Waals surface area contributed by atoms with Gasteiger partial charge in [0.2, 0.25) is 5.91 Å². The van der Waals surface area contributed by atoms with Crippen LogP contribution in [0.2, 0.25) is 0 Å². The maximum atomic E-state index is 13.1. The van der Waals surface area contributed by atoms with Crippen LogP contribution in [0.4, 0.5) is 5.69 Å². The average Bonchev–Trinajstić information content (AvgIpc) is 3.46. The minimum absolute atomic E-state index is 0.109. The molecule has 6 rings (SSSR count). The van der Waals surface area contributed by atoms with Crippen LogP contribution in [-0.2, 0) is 9.59 Å². The number of hydrazone groups is 1. The van der Waals surface area contributed by atoms with Crippen LogP contribution in [0.3, 0.4) is 0 Å². The minimum Gasteiger partial charge on any atom is -0.481 e. The minimum atomic E-state index is -1.01. The average molecular weight is 534 g/mol. The first-order valence-corrected chi connectivity index (χ1v) is 13.8. The highest BCUT2D eigenvalue weighted by atomic mass is 16.4. The molecule has 1 atom stereocenters. The summed E-state index contributed by atoms with van der Waals surface area (Å²) in [5.41, 5.74) is 7.68. The van der Waals surface area contributed by atoms with Crippen molar-refractivity contribution >= 4 is 34.3 Å². The van der Waals surface area contributed by atoms with Crippen LogP contribution in [0.5, 0.6) is 0 Å². The number of hydrogen-bond acceptors (Lipinski definition) is 6. The van der Waals surface area contributed by atoms with E-state index >= 15 is 0 Å². The number of amides is 1. The van der Waals surface area contributed by atoms with Crippen molar-refractivity contribution in [2.24, 2.45) is 5.10 Å². The van der Waals surface area contributed by atoms with Gasteiger partial charge in [0.05, 0.1) is 29.2 Å². The number of piperidine rings is 1. The number of carbonyl (C=O) groups is 2. The van der Waals surface area contributed by atoms with E-state index in [4.69, 9.17) is 10.2 Å². The number of carboxylic acids is 1. The number of anilines is 1. The maximum Gasteiger partial charge on any atom is 0.303 e. The van der Waals surface area contributed by atoms with E-state index in [9.17, 15) is 9.59 Å². The van der Waals surface area contributed by atoms with Gasteiger partial charge in [-0.25, -0.2) is 5.01 Å². The lowest BCUT2D eigenvalue weighted by Crippen LogP contribution is -2.29. The second-order valence-electron chi connectivity index (χ2n) is 10.4. The van der Waals surface area contributed by atoms with Gasteiger partial charge >= 0.3 is 5.97 Å². The standard InChI is InChI=1S/C32H31N5O3/c38-31(14-15-32(39)40)37-30(25-10-13-27-29(20-25)34-17-16-33-27)21-28(35-37)24-6-4-22(5-7-24)23-8-11-26(12-9-23)36-18-2-1-3-19-36/h4-13,16-17,20,30H,1-3,14-15,18-19,21H2,(H,39,40). The molecule has 0 radical (unpaired) electrons. The van der Waals surface area contributed by atoms with Crippen LogP contribution in [0.1, 0.15) is 55.7 Å². The maximum absolute atomic E-state index is 13.1. The number of benzene rings is 3. The Balaban J connectivity index is 1.23. The lowest BCUT2D eigenvalue weighted by Gasteiger charge is -2.28. The van der Waals surface area contributed by atoms with E-state index < -0.39 is 5.97 Å². The second-order valence-corrected chi connectivity index (χ2v) is 10.4. The molecule has 2 aliphatic heterocycles. The summed E-state index contributed by atoms with van der Waals surface area (Å²) in [5.74, 6) is -1.32. The summed E-state index contributed by atoms with van der Waals surface area (Å²) in [5, 5.41) is 15.3. The summed E-state index contributed by atoms with van der Waals surface area (Å²) in [4.78, 5) is 35.4. The first-order valence-electron chi connectivity index (χ1n) is 13.8. The molecule has 1 unspecified atom stereocenters. The monoisotopic (exact) mass is 533 g/mol. The van der Waals surface area contributed by atoms with Crippen LogP contribution < -0.4 is 4.90 Å². The SMILES string of the molecule is O=C(O)CCC(=O)N1N=C(c2ccc(-c3ccc(N4CCCCC4)cc3)cc2)CC1c1ccc2nccnc2c1. The Morgan fingerprint density at radius 1 is 0.775 bits per heavy atom. The third-order valence-corrected chi connectivity index (χ3v) is 7.74. The first kappa shape index (κ1) is 25.7. The number of carbonyl (C=O) groups excluding carboxylic acids is 1. The van der Waals surface area contributed by atoms with Crippen molar-refractivity contribution < 1.29 is 14.7 Å². The van der Waals surface area contributed by atoms with Gasteiger partial charge in [-0.2, -0.15) is 5.10 Å². The normalized spacial score (nSPS) is 17.2. The topological polar surface area (TPSA) is 99.0 Å². The fourth-order valence-corrected chi connectivity index (χ4v) is 5.56. The van der Waals surface area contributed by atoms with Gasteiger partial charge < -0.3 is 10.0 Å². The third kappa shape index (κ3) is 5.43. The lowest BCUT2D eigenvalue weighted by molar-refractivity contribution is -0.141. The molecule has 1 fully saturated rings. The largest absolute Gasteiger partial charge is 0.481 e. The molecule has 2 aliphatic rings. The van der Waals surface area contributed by atoms with E-state index in [1.165, 1.54) is 30.0 Å². The molecule has 0 spiro atoms. The number of aliphatic carboxylic acids is 1. The molecule has 3 aromatic carbocycles. The molecule has 8 nitrogen and oxygen atoms in total. The molecule has 8 heteroatoms. The smallest absolute Gasteiger partial charge is 0.303 e. The molecule has 202 valence electrons. The van der Waals surface area contributed by atoms with E-state index in [0.29, 0.717) is 6.42 Å². The summed E-state index contributed by atoms with van der Waals surface area (Å²) in [6, 6.07) is 22.4.